The molecule has 6 nitrogen and oxygen atoms in total. The number of alkyl halides is 3. The fourth-order valence-corrected chi connectivity index (χ4v) is 5.66. The summed E-state index contributed by atoms with van der Waals surface area (Å²) in [6, 6.07) is 8.98. The van der Waals surface area contributed by atoms with Gasteiger partial charge in [0.1, 0.15) is 21.3 Å². The van der Waals surface area contributed by atoms with E-state index in [2.05, 4.69) is 5.32 Å². The van der Waals surface area contributed by atoms with Crippen molar-refractivity contribution in [1.29, 1.82) is 0 Å². The maximum absolute atomic E-state index is 13.3. The van der Waals surface area contributed by atoms with Crippen molar-refractivity contribution in [2.24, 2.45) is 0 Å². The van der Waals surface area contributed by atoms with E-state index in [0.29, 0.717) is 25.8 Å². The largest absolute Gasteiger partial charge is 0.493 e. The van der Waals surface area contributed by atoms with Crippen molar-refractivity contribution in [1.82, 2.24) is 5.32 Å². The zero-order valence-corrected chi connectivity index (χ0v) is 20.1. The number of nitrogens with one attached hydrogen (secondary N) is 1. The first-order chi connectivity index (χ1) is 16.5. The first kappa shape index (κ1) is 25.5. The lowest BCUT2D eigenvalue weighted by Gasteiger charge is -2.23. The summed E-state index contributed by atoms with van der Waals surface area (Å²) in [4.78, 5) is 12.6. The van der Waals surface area contributed by atoms with Gasteiger partial charge < -0.3 is 14.5 Å². The van der Waals surface area contributed by atoms with Crippen LogP contribution in [0.1, 0.15) is 24.8 Å². The minimum atomic E-state index is -4.58. The zero-order chi connectivity index (χ0) is 25.2. The average molecular weight is 530 g/mol. The molecule has 0 bridgehead atoms. The molecule has 1 fully saturated rings. The molecule has 2 aromatic carbocycles. The molecule has 1 aromatic heterocycles. The van der Waals surface area contributed by atoms with Crippen LogP contribution >= 0.6 is 11.6 Å². The second-order valence-corrected chi connectivity index (χ2v) is 11.1. The first-order valence-corrected chi connectivity index (χ1v) is 13.2. The Kier molecular flexibility index (Phi) is 7.44. The van der Waals surface area contributed by atoms with Gasteiger partial charge in [-0.3, -0.25) is 4.79 Å². The second-order valence-electron chi connectivity index (χ2n) is 8.38. The van der Waals surface area contributed by atoms with Crippen LogP contribution in [0.3, 0.4) is 0 Å². The highest BCUT2D eigenvalue weighted by atomic mass is 35.5. The Balaban J connectivity index is 1.52. The van der Waals surface area contributed by atoms with E-state index in [-0.39, 0.29) is 62.6 Å². The molecule has 188 valence electrons. The highest BCUT2D eigenvalue weighted by molar-refractivity contribution is 7.91. The molecule has 0 unspecified atom stereocenters. The summed E-state index contributed by atoms with van der Waals surface area (Å²) >= 11 is 6.16. The number of halogens is 4. The smallest absolute Gasteiger partial charge is 0.416 e. The summed E-state index contributed by atoms with van der Waals surface area (Å²) < 4.78 is 74.5. The summed E-state index contributed by atoms with van der Waals surface area (Å²) in [5.41, 5.74) is -0.934. The second kappa shape index (κ2) is 10.2. The molecule has 11 heteroatoms. The van der Waals surface area contributed by atoms with E-state index >= 15 is 0 Å². The standard InChI is InChI=1S/C24H23ClF3NO5S/c25-19-4-1-3-17-20(30)14-22(34-23(17)19)18-6-5-15(24(26,27)28)13-21(18)33-10-2-9-29-16-7-11-35(31,32)12-8-16/h1,3-6,13-14,16,29H,2,7-12H2. The summed E-state index contributed by atoms with van der Waals surface area (Å²) in [5.74, 6) is 0.268. The molecule has 1 N–H and O–H groups in total. The molecular formula is C24H23ClF3NO5S. The van der Waals surface area contributed by atoms with Crippen molar-refractivity contribution in [3.63, 3.8) is 0 Å². The summed E-state index contributed by atoms with van der Waals surface area (Å²) in [7, 11) is -2.95. The van der Waals surface area contributed by atoms with E-state index in [1.165, 1.54) is 12.1 Å². The van der Waals surface area contributed by atoms with Crippen LogP contribution in [0.25, 0.3) is 22.3 Å². The SMILES string of the molecule is O=c1cc(-c2ccc(C(F)(F)F)cc2OCCCNC2CCS(=O)(=O)CC2)oc2c(Cl)cccc12. The van der Waals surface area contributed by atoms with Crippen molar-refractivity contribution < 1.29 is 30.7 Å². The van der Waals surface area contributed by atoms with Gasteiger partial charge in [-0.15, -0.1) is 0 Å². The highest BCUT2D eigenvalue weighted by Crippen LogP contribution is 2.38. The molecule has 3 aromatic rings. The monoisotopic (exact) mass is 529 g/mol. The number of hydrogen-bond acceptors (Lipinski definition) is 6. The molecule has 35 heavy (non-hydrogen) atoms. The molecule has 0 spiro atoms. The van der Waals surface area contributed by atoms with Gasteiger partial charge in [0, 0.05) is 12.1 Å². The molecule has 0 saturated carbocycles. The van der Waals surface area contributed by atoms with Crippen LogP contribution in [0, 0.1) is 0 Å². The van der Waals surface area contributed by atoms with Crippen LogP contribution in [0.4, 0.5) is 13.2 Å². The molecule has 1 aliphatic heterocycles. The van der Waals surface area contributed by atoms with Gasteiger partial charge in [0.05, 0.1) is 39.6 Å². The van der Waals surface area contributed by atoms with E-state index in [4.69, 9.17) is 20.8 Å². The molecule has 2 heterocycles. The van der Waals surface area contributed by atoms with Crippen molar-refractivity contribution in [2.75, 3.05) is 24.7 Å². The molecule has 4 rings (SSSR count). The van der Waals surface area contributed by atoms with E-state index < -0.39 is 21.6 Å². The third kappa shape index (κ3) is 6.17. The van der Waals surface area contributed by atoms with Crippen LogP contribution in [0.15, 0.2) is 51.7 Å². The van der Waals surface area contributed by atoms with Gasteiger partial charge in [-0.25, -0.2) is 8.42 Å². The van der Waals surface area contributed by atoms with E-state index in [1.807, 2.05) is 0 Å². The summed E-state index contributed by atoms with van der Waals surface area (Å²) in [5, 5.41) is 3.73. The molecule has 1 saturated heterocycles. The lowest BCUT2D eigenvalue weighted by Crippen LogP contribution is -2.38. The third-order valence-electron chi connectivity index (χ3n) is 5.85. The minimum absolute atomic E-state index is 0.0425. The molecule has 0 aliphatic carbocycles. The predicted octanol–water partition coefficient (Wildman–Crippen LogP) is 5.07. The van der Waals surface area contributed by atoms with Crippen molar-refractivity contribution in [3.05, 3.63) is 63.3 Å². The fourth-order valence-electron chi connectivity index (χ4n) is 3.95. The lowest BCUT2D eigenvalue weighted by molar-refractivity contribution is -0.137. The third-order valence-corrected chi connectivity index (χ3v) is 7.86. The Morgan fingerprint density at radius 2 is 1.86 bits per heavy atom. The van der Waals surface area contributed by atoms with Crippen LogP contribution in [-0.4, -0.2) is 39.1 Å². The Hall–Kier alpha value is -2.56. The minimum Gasteiger partial charge on any atom is -0.493 e. The quantitative estimate of drug-likeness (QED) is 0.430. The van der Waals surface area contributed by atoms with E-state index in [1.54, 1.807) is 18.2 Å². The van der Waals surface area contributed by atoms with Gasteiger partial charge in [-0.1, -0.05) is 17.7 Å². The summed E-state index contributed by atoms with van der Waals surface area (Å²) in [6.45, 7) is 0.616. The Morgan fingerprint density at radius 3 is 2.57 bits per heavy atom. The first-order valence-electron chi connectivity index (χ1n) is 11.0. The fraction of sp³-hybridized carbons (Fsp3) is 0.375. The summed E-state index contributed by atoms with van der Waals surface area (Å²) in [6.07, 6.45) is -3.03. The average Bonchev–Trinajstić information content (AvgIpc) is 2.80. The molecule has 1 aliphatic rings. The van der Waals surface area contributed by atoms with Crippen molar-refractivity contribution >= 4 is 32.4 Å². The van der Waals surface area contributed by atoms with Crippen LogP contribution in [0.5, 0.6) is 5.75 Å². The van der Waals surface area contributed by atoms with Crippen LogP contribution in [-0.2, 0) is 16.0 Å². The molecule has 0 amide bonds. The predicted molar refractivity (Wildman–Crippen MR) is 128 cm³/mol. The Bertz CT molecular complexity index is 1370. The van der Waals surface area contributed by atoms with Crippen molar-refractivity contribution in [2.45, 2.75) is 31.5 Å². The number of hydrogen-bond donors (Lipinski definition) is 1. The molecular weight excluding hydrogens is 507 g/mol. The van der Waals surface area contributed by atoms with Gasteiger partial charge in [-0.2, -0.15) is 13.2 Å². The van der Waals surface area contributed by atoms with Gasteiger partial charge in [0.15, 0.2) is 11.0 Å². The van der Waals surface area contributed by atoms with Gasteiger partial charge in [0.25, 0.3) is 0 Å². The van der Waals surface area contributed by atoms with Crippen molar-refractivity contribution in [3.8, 4) is 17.1 Å². The lowest BCUT2D eigenvalue weighted by atomic mass is 10.1. The Morgan fingerprint density at radius 1 is 1.11 bits per heavy atom. The number of sulfone groups is 1. The number of para-hydroxylation sites is 1. The molecule has 0 atom stereocenters. The number of rotatable bonds is 7. The Labute approximate surface area is 205 Å². The number of ether oxygens (including phenoxy) is 1. The number of fused-ring (bicyclic) bond motifs is 1. The van der Waals surface area contributed by atoms with Gasteiger partial charge in [-0.05, 0) is 56.1 Å². The normalized spacial score (nSPS) is 16.5. The highest BCUT2D eigenvalue weighted by Gasteiger charge is 2.32. The van der Waals surface area contributed by atoms with E-state index in [9.17, 15) is 26.4 Å². The number of benzene rings is 2. The van der Waals surface area contributed by atoms with Gasteiger partial charge >= 0.3 is 6.18 Å². The van der Waals surface area contributed by atoms with Crippen LogP contribution in [0.2, 0.25) is 5.02 Å². The maximum atomic E-state index is 13.3. The topological polar surface area (TPSA) is 85.6 Å². The van der Waals surface area contributed by atoms with Gasteiger partial charge in [0.2, 0.25) is 0 Å². The maximum Gasteiger partial charge on any atom is 0.416 e. The van der Waals surface area contributed by atoms with E-state index in [0.717, 1.165) is 12.1 Å². The molecule has 0 radical (unpaired) electrons. The zero-order valence-electron chi connectivity index (χ0n) is 18.5. The van der Waals surface area contributed by atoms with Crippen LogP contribution < -0.4 is 15.5 Å².